The fourth-order valence-corrected chi connectivity index (χ4v) is 6.08. The van der Waals surface area contributed by atoms with E-state index in [1.807, 2.05) is 0 Å². The van der Waals surface area contributed by atoms with Crippen molar-refractivity contribution in [1.29, 1.82) is 0 Å². The first-order valence-electron chi connectivity index (χ1n) is 12.3. The van der Waals surface area contributed by atoms with Crippen molar-refractivity contribution in [2.75, 3.05) is 26.1 Å². The van der Waals surface area contributed by atoms with E-state index in [4.69, 9.17) is 18.9 Å². The normalized spacial score (nSPS) is 20.0. The van der Waals surface area contributed by atoms with E-state index in [1.54, 1.807) is 91.0 Å². The summed E-state index contributed by atoms with van der Waals surface area (Å²) in [7, 11) is -2.07. The van der Waals surface area contributed by atoms with Crippen LogP contribution in [0.5, 0.6) is 0 Å². The Hall–Kier alpha value is -3.53. The standard InChI is InChI=1S/C29H30O8S/c1-34-27-23(20-38(32,33)25-15-9-4-10-16-25)18-35-26(27)17-24(37-29(31)22-13-7-3-8-14-22)19-36-28(30)21-11-5-2-6-12-21/h2-16,23-24,26-27H,17-20H2,1H3/t23?,24?,26?,27-/m1/s1. The van der Waals surface area contributed by atoms with Gasteiger partial charge in [0.15, 0.2) is 9.84 Å². The van der Waals surface area contributed by atoms with E-state index in [1.165, 1.54) is 7.11 Å². The Morgan fingerprint density at radius 3 is 2.00 bits per heavy atom. The third kappa shape index (κ3) is 7.06. The lowest BCUT2D eigenvalue weighted by Crippen LogP contribution is -2.37. The number of carbonyl (C=O) groups is 2. The molecule has 0 spiro atoms. The molecule has 0 amide bonds. The maximum atomic E-state index is 13.0. The molecule has 9 heteroatoms. The molecule has 1 saturated heterocycles. The molecular weight excluding hydrogens is 508 g/mol. The molecule has 3 aromatic rings. The van der Waals surface area contributed by atoms with Gasteiger partial charge in [-0.25, -0.2) is 18.0 Å². The maximum absolute atomic E-state index is 13.0. The van der Waals surface area contributed by atoms with Gasteiger partial charge >= 0.3 is 11.9 Å². The van der Waals surface area contributed by atoms with Crippen LogP contribution < -0.4 is 0 Å². The topological polar surface area (TPSA) is 105 Å². The lowest BCUT2D eigenvalue weighted by molar-refractivity contribution is -0.0427. The molecule has 8 nitrogen and oxygen atoms in total. The molecule has 0 N–H and O–H groups in total. The van der Waals surface area contributed by atoms with Gasteiger partial charge in [0.25, 0.3) is 0 Å². The zero-order chi connectivity index (χ0) is 27.0. The molecule has 3 aromatic carbocycles. The highest BCUT2D eigenvalue weighted by Gasteiger charge is 2.42. The molecule has 0 radical (unpaired) electrons. The Labute approximate surface area is 222 Å². The predicted octanol–water partition coefficient (Wildman–Crippen LogP) is 3.96. The predicted molar refractivity (Wildman–Crippen MR) is 140 cm³/mol. The van der Waals surface area contributed by atoms with E-state index in [0.717, 1.165) is 0 Å². The third-order valence-electron chi connectivity index (χ3n) is 6.35. The smallest absolute Gasteiger partial charge is 0.338 e. The summed E-state index contributed by atoms with van der Waals surface area (Å²) < 4.78 is 48.7. The zero-order valence-electron chi connectivity index (χ0n) is 21.0. The van der Waals surface area contributed by atoms with Gasteiger partial charge in [-0.15, -0.1) is 0 Å². The average molecular weight is 539 g/mol. The van der Waals surface area contributed by atoms with Gasteiger partial charge in [-0.05, 0) is 36.4 Å². The molecule has 0 bridgehead atoms. The summed E-state index contributed by atoms with van der Waals surface area (Å²) in [4.78, 5) is 25.5. The first-order chi connectivity index (χ1) is 18.4. The third-order valence-corrected chi connectivity index (χ3v) is 8.21. The van der Waals surface area contributed by atoms with Gasteiger partial charge < -0.3 is 18.9 Å². The molecule has 38 heavy (non-hydrogen) atoms. The number of sulfone groups is 1. The van der Waals surface area contributed by atoms with Crippen LogP contribution in [0.2, 0.25) is 0 Å². The van der Waals surface area contributed by atoms with E-state index in [-0.39, 0.29) is 30.3 Å². The minimum atomic E-state index is -3.56. The number of carbonyl (C=O) groups excluding carboxylic acids is 2. The van der Waals surface area contributed by atoms with Gasteiger partial charge in [0.1, 0.15) is 12.7 Å². The van der Waals surface area contributed by atoms with Crippen molar-refractivity contribution in [2.45, 2.75) is 29.6 Å². The lowest BCUT2D eigenvalue weighted by atomic mass is 9.99. The largest absolute Gasteiger partial charge is 0.458 e. The van der Waals surface area contributed by atoms with Gasteiger partial charge in [-0.3, -0.25) is 0 Å². The lowest BCUT2D eigenvalue weighted by Gasteiger charge is -2.25. The summed E-state index contributed by atoms with van der Waals surface area (Å²) in [5, 5.41) is 0. The summed E-state index contributed by atoms with van der Waals surface area (Å²) in [6, 6.07) is 25.2. The number of esters is 2. The maximum Gasteiger partial charge on any atom is 0.338 e. The highest BCUT2D eigenvalue weighted by atomic mass is 32.2. The minimum Gasteiger partial charge on any atom is -0.458 e. The van der Waals surface area contributed by atoms with E-state index >= 15 is 0 Å². The van der Waals surface area contributed by atoms with E-state index in [2.05, 4.69) is 0 Å². The summed E-state index contributed by atoms with van der Waals surface area (Å²) in [5.74, 6) is -1.69. The quantitative estimate of drug-likeness (QED) is 0.338. The van der Waals surface area contributed by atoms with Crippen molar-refractivity contribution in [1.82, 2.24) is 0 Å². The Morgan fingerprint density at radius 1 is 0.868 bits per heavy atom. The number of hydrogen-bond donors (Lipinski definition) is 0. The van der Waals surface area contributed by atoms with Gasteiger partial charge in [-0.2, -0.15) is 0 Å². The monoisotopic (exact) mass is 538 g/mol. The Bertz CT molecular complexity index is 1300. The fraction of sp³-hybridized carbons (Fsp3) is 0.310. The van der Waals surface area contributed by atoms with Gasteiger partial charge in [-0.1, -0.05) is 54.6 Å². The second kappa shape index (κ2) is 12.8. The Morgan fingerprint density at radius 2 is 1.42 bits per heavy atom. The number of benzene rings is 3. The summed E-state index contributed by atoms with van der Waals surface area (Å²) in [6.07, 6.45) is -1.82. The molecule has 1 fully saturated rings. The van der Waals surface area contributed by atoms with Crippen LogP contribution in [0.4, 0.5) is 0 Å². The second-order valence-corrected chi connectivity index (χ2v) is 11.1. The molecule has 200 valence electrons. The molecule has 1 aliphatic heterocycles. The van der Waals surface area contributed by atoms with Crippen molar-refractivity contribution in [3.8, 4) is 0 Å². The Kier molecular flexibility index (Phi) is 9.28. The van der Waals surface area contributed by atoms with Gasteiger partial charge in [0.05, 0.1) is 40.6 Å². The number of hydrogen-bond acceptors (Lipinski definition) is 8. The molecule has 0 saturated carbocycles. The van der Waals surface area contributed by atoms with Crippen LogP contribution in [-0.2, 0) is 28.8 Å². The zero-order valence-corrected chi connectivity index (χ0v) is 21.8. The van der Waals surface area contributed by atoms with Gasteiger partial charge in [0.2, 0.25) is 0 Å². The molecule has 3 unspecified atom stereocenters. The molecule has 1 aliphatic rings. The van der Waals surface area contributed by atoms with Crippen LogP contribution in [0.15, 0.2) is 95.9 Å². The van der Waals surface area contributed by atoms with Crippen molar-refractivity contribution < 1.29 is 37.0 Å². The highest BCUT2D eigenvalue weighted by Crippen LogP contribution is 2.30. The van der Waals surface area contributed by atoms with Gasteiger partial charge in [0, 0.05) is 19.4 Å². The Balaban J connectivity index is 1.45. The highest BCUT2D eigenvalue weighted by molar-refractivity contribution is 7.91. The number of ether oxygens (including phenoxy) is 4. The summed E-state index contributed by atoms with van der Waals surface area (Å²) in [5.41, 5.74) is 0.730. The first kappa shape index (κ1) is 27.5. The van der Waals surface area contributed by atoms with Crippen molar-refractivity contribution >= 4 is 21.8 Å². The minimum absolute atomic E-state index is 0.149. The van der Waals surface area contributed by atoms with Crippen molar-refractivity contribution in [2.24, 2.45) is 5.92 Å². The summed E-state index contributed by atoms with van der Waals surface area (Å²) in [6.45, 7) is -0.0338. The van der Waals surface area contributed by atoms with E-state index in [9.17, 15) is 18.0 Å². The van der Waals surface area contributed by atoms with E-state index in [0.29, 0.717) is 11.1 Å². The van der Waals surface area contributed by atoms with Crippen LogP contribution in [-0.4, -0.2) is 64.7 Å². The molecule has 0 aromatic heterocycles. The first-order valence-corrected chi connectivity index (χ1v) is 13.9. The SMILES string of the molecule is CO[C@@H]1C(CS(=O)(=O)c2ccccc2)COC1CC(COC(=O)c1ccccc1)OC(=O)c1ccccc1. The molecular formula is C29H30O8S. The van der Waals surface area contributed by atoms with Crippen LogP contribution in [0, 0.1) is 5.92 Å². The second-order valence-electron chi connectivity index (χ2n) is 9.02. The van der Waals surface area contributed by atoms with Crippen LogP contribution >= 0.6 is 0 Å². The summed E-state index contributed by atoms with van der Waals surface area (Å²) >= 11 is 0. The van der Waals surface area contributed by atoms with Crippen LogP contribution in [0.25, 0.3) is 0 Å². The van der Waals surface area contributed by atoms with Crippen molar-refractivity contribution in [3.63, 3.8) is 0 Å². The van der Waals surface area contributed by atoms with E-state index < -0.39 is 46.0 Å². The molecule has 0 aliphatic carbocycles. The molecule has 4 rings (SSSR count). The van der Waals surface area contributed by atoms with Crippen molar-refractivity contribution in [3.05, 3.63) is 102 Å². The molecule has 4 atom stereocenters. The van der Waals surface area contributed by atoms with Crippen LogP contribution in [0.3, 0.4) is 0 Å². The van der Waals surface area contributed by atoms with Crippen LogP contribution in [0.1, 0.15) is 27.1 Å². The number of rotatable bonds is 11. The molecule has 1 heterocycles. The average Bonchev–Trinajstić information content (AvgIpc) is 3.32. The number of methoxy groups -OCH3 is 1. The fourth-order valence-electron chi connectivity index (χ4n) is 4.46.